The second-order valence-corrected chi connectivity index (χ2v) is 9.43. The molecule has 28 heavy (non-hydrogen) atoms. The van der Waals surface area contributed by atoms with Gasteiger partial charge in [-0.05, 0) is 49.0 Å². The summed E-state index contributed by atoms with van der Waals surface area (Å²) in [6.07, 6.45) is 7.95. The second kappa shape index (κ2) is 6.16. The Bertz CT molecular complexity index is 884. The number of likely N-dealkylation sites (tertiary alicyclic amines) is 1. The molecule has 0 spiro atoms. The van der Waals surface area contributed by atoms with Crippen LogP contribution in [0, 0.1) is 23.7 Å². The molecule has 1 aromatic heterocycles. The molecular weight excluding hydrogens is 350 g/mol. The zero-order valence-corrected chi connectivity index (χ0v) is 16.2. The van der Waals surface area contributed by atoms with Gasteiger partial charge in [-0.2, -0.15) is 4.98 Å². The SMILES string of the molecule is O=C(C1[C@H]2CCC[C@H]12)N1C[C@H]2CCC[C@@]2(c2nc(Cc3ccccc3)no2)C1. The molecule has 146 valence electrons. The van der Waals surface area contributed by atoms with E-state index in [2.05, 4.69) is 22.2 Å². The molecule has 0 unspecified atom stereocenters. The van der Waals surface area contributed by atoms with Crippen molar-refractivity contribution in [2.45, 2.75) is 50.4 Å². The molecule has 0 N–H and O–H groups in total. The molecule has 5 heteroatoms. The highest BCUT2D eigenvalue weighted by molar-refractivity contribution is 5.83. The van der Waals surface area contributed by atoms with Gasteiger partial charge in [-0.1, -0.05) is 48.3 Å². The summed E-state index contributed by atoms with van der Waals surface area (Å²) < 4.78 is 5.81. The third-order valence-electron chi connectivity index (χ3n) is 7.97. The van der Waals surface area contributed by atoms with E-state index in [4.69, 9.17) is 9.51 Å². The summed E-state index contributed by atoms with van der Waals surface area (Å²) in [4.78, 5) is 20.1. The molecule has 1 aromatic carbocycles. The molecule has 0 bridgehead atoms. The Labute approximate surface area is 165 Å². The van der Waals surface area contributed by atoms with Crippen molar-refractivity contribution < 1.29 is 9.32 Å². The van der Waals surface area contributed by atoms with Crippen LogP contribution in [-0.4, -0.2) is 34.0 Å². The van der Waals surface area contributed by atoms with E-state index >= 15 is 0 Å². The van der Waals surface area contributed by atoms with Crippen molar-refractivity contribution in [2.24, 2.45) is 23.7 Å². The Hall–Kier alpha value is -2.17. The van der Waals surface area contributed by atoms with Crippen molar-refractivity contribution in [3.63, 3.8) is 0 Å². The van der Waals surface area contributed by atoms with Crippen LogP contribution in [0.5, 0.6) is 0 Å². The Kier molecular flexibility index (Phi) is 3.69. The summed E-state index contributed by atoms with van der Waals surface area (Å²) in [5.41, 5.74) is 1.08. The monoisotopic (exact) mass is 377 g/mol. The summed E-state index contributed by atoms with van der Waals surface area (Å²) in [6.45, 7) is 1.66. The van der Waals surface area contributed by atoms with Crippen molar-refractivity contribution in [3.8, 4) is 0 Å². The third kappa shape index (κ3) is 2.48. The van der Waals surface area contributed by atoms with Gasteiger partial charge in [-0.15, -0.1) is 0 Å². The average molecular weight is 377 g/mol. The maximum Gasteiger partial charge on any atom is 0.235 e. The minimum Gasteiger partial charge on any atom is -0.341 e. The van der Waals surface area contributed by atoms with E-state index in [0.717, 1.165) is 37.6 Å². The lowest BCUT2D eigenvalue weighted by atomic mass is 9.80. The molecule has 2 heterocycles. The molecule has 3 saturated carbocycles. The third-order valence-corrected chi connectivity index (χ3v) is 7.97. The van der Waals surface area contributed by atoms with Crippen LogP contribution in [0.3, 0.4) is 0 Å². The van der Waals surface area contributed by atoms with Gasteiger partial charge in [0.1, 0.15) is 0 Å². The van der Waals surface area contributed by atoms with Crippen LogP contribution in [0.25, 0.3) is 0 Å². The summed E-state index contributed by atoms with van der Waals surface area (Å²) in [7, 11) is 0. The Morgan fingerprint density at radius 2 is 1.96 bits per heavy atom. The first kappa shape index (κ1) is 16.8. The number of fused-ring (bicyclic) bond motifs is 2. The smallest absolute Gasteiger partial charge is 0.235 e. The minimum atomic E-state index is -0.110. The van der Waals surface area contributed by atoms with Gasteiger partial charge in [0.2, 0.25) is 11.8 Å². The first-order chi connectivity index (χ1) is 13.7. The van der Waals surface area contributed by atoms with Crippen LogP contribution in [0.2, 0.25) is 0 Å². The lowest BCUT2D eigenvalue weighted by Gasteiger charge is -2.24. The number of carbonyl (C=O) groups excluding carboxylic acids is 1. The van der Waals surface area contributed by atoms with Crippen LogP contribution < -0.4 is 0 Å². The number of hydrogen-bond acceptors (Lipinski definition) is 4. The number of nitrogens with zero attached hydrogens (tertiary/aromatic N) is 3. The van der Waals surface area contributed by atoms with E-state index in [-0.39, 0.29) is 5.41 Å². The molecule has 4 fully saturated rings. The molecule has 6 rings (SSSR count). The van der Waals surface area contributed by atoms with Crippen molar-refractivity contribution in [2.75, 3.05) is 13.1 Å². The average Bonchev–Trinajstić information content (AvgIpc) is 3.24. The highest BCUT2D eigenvalue weighted by Crippen LogP contribution is 2.59. The van der Waals surface area contributed by atoms with E-state index in [1.165, 1.54) is 31.2 Å². The molecule has 1 aliphatic heterocycles. The molecular formula is C23H27N3O2. The van der Waals surface area contributed by atoms with Crippen molar-refractivity contribution in [1.82, 2.24) is 15.0 Å². The van der Waals surface area contributed by atoms with Crippen LogP contribution in [-0.2, 0) is 16.6 Å². The molecule has 3 aliphatic carbocycles. The topological polar surface area (TPSA) is 59.2 Å². The van der Waals surface area contributed by atoms with E-state index in [1.807, 2.05) is 18.2 Å². The lowest BCUT2D eigenvalue weighted by molar-refractivity contribution is -0.132. The van der Waals surface area contributed by atoms with Crippen LogP contribution in [0.15, 0.2) is 34.9 Å². The van der Waals surface area contributed by atoms with Crippen molar-refractivity contribution in [1.29, 1.82) is 0 Å². The number of hydrogen-bond donors (Lipinski definition) is 0. The normalized spacial score (nSPS) is 35.8. The number of benzene rings is 1. The maximum atomic E-state index is 13.1. The van der Waals surface area contributed by atoms with Gasteiger partial charge in [-0.25, -0.2) is 0 Å². The van der Waals surface area contributed by atoms with Crippen molar-refractivity contribution in [3.05, 3.63) is 47.6 Å². The number of carbonyl (C=O) groups is 1. The van der Waals surface area contributed by atoms with Gasteiger partial charge in [0.05, 0.1) is 5.41 Å². The quantitative estimate of drug-likeness (QED) is 0.817. The second-order valence-electron chi connectivity index (χ2n) is 9.43. The molecule has 1 amide bonds. The summed E-state index contributed by atoms with van der Waals surface area (Å²) in [6, 6.07) is 10.3. The van der Waals surface area contributed by atoms with Crippen LogP contribution in [0.1, 0.15) is 55.8 Å². The lowest BCUT2D eigenvalue weighted by Crippen LogP contribution is -2.36. The highest BCUT2D eigenvalue weighted by Gasteiger charge is 2.61. The van der Waals surface area contributed by atoms with E-state index < -0.39 is 0 Å². The fourth-order valence-corrected chi connectivity index (χ4v) is 6.51. The Morgan fingerprint density at radius 3 is 2.79 bits per heavy atom. The zero-order chi connectivity index (χ0) is 18.7. The number of rotatable bonds is 4. The zero-order valence-electron chi connectivity index (χ0n) is 16.2. The molecule has 1 saturated heterocycles. The van der Waals surface area contributed by atoms with Gasteiger partial charge < -0.3 is 9.42 Å². The Morgan fingerprint density at radius 1 is 1.14 bits per heavy atom. The first-order valence-electron chi connectivity index (χ1n) is 10.9. The van der Waals surface area contributed by atoms with Gasteiger partial charge in [0.25, 0.3) is 0 Å². The fraction of sp³-hybridized carbons (Fsp3) is 0.609. The summed E-state index contributed by atoms with van der Waals surface area (Å²) >= 11 is 0. The highest BCUT2D eigenvalue weighted by atomic mass is 16.5. The first-order valence-corrected chi connectivity index (χ1v) is 10.9. The number of aromatic nitrogens is 2. The summed E-state index contributed by atoms with van der Waals surface area (Å²) in [5, 5.41) is 4.29. The predicted molar refractivity (Wildman–Crippen MR) is 103 cm³/mol. The largest absolute Gasteiger partial charge is 0.341 e. The maximum absolute atomic E-state index is 13.1. The predicted octanol–water partition coefficient (Wildman–Crippen LogP) is 3.59. The van der Waals surface area contributed by atoms with E-state index in [9.17, 15) is 4.79 Å². The molecule has 0 radical (unpaired) electrons. The van der Waals surface area contributed by atoms with Gasteiger partial charge in [0.15, 0.2) is 5.82 Å². The molecule has 2 aromatic rings. The van der Waals surface area contributed by atoms with Gasteiger partial charge in [-0.3, -0.25) is 4.79 Å². The fourth-order valence-electron chi connectivity index (χ4n) is 6.51. The van der Waals surface area contributed by atoms with Crippen LogP contribution >= 0.6 is 0 Å². The van der Waals surface area contributed by atoms with E-state index in [0.29, 0.717) is 36.0 Å². The standard InChI is InChI=1S/C23H27N3O2/c27-21(20-17-9-4-10-18(17)20)26-13-16-8-5-11-23(16,14-26)22-24-19(25-28-22)12-15-6-2-1-3-7-15/h1-3,6-7,16-18,20H,4-5,8-14H2/t16-,17+,18+,23-/m1/s1. The Balaban J connectivity index is 1.22. The van der Waals surface area contributed by atoms with Gasteiger partial charge >= 0.3 is 0 Å². The van der Waals surface area contributed by atoms with Gasteiger partial charge in [0, 0.05) is 25.4 Å². The minimum absolute atomic E-state index is 0.110. The number of amides is 1. The van der Waals surface area contributed by atoms with E-state index in [1.54, 1.807) is 0 Å². The molecule has 5 nitrogen and oxygen atoms in total. The van der Waals surface area contributed by atoms with Crippen LogP contribution in [0.4, 0.5) is 0 Å². The summed E-state index contributed by atoms with van der Waals surface area (Å²) in [5.74, 6) is 4.10. The van der Waals surface area contributed by atoms with Crippen molar-refractivity contribution >= 4 is 5.91 Å². The molecule has 4 atom stereocenters. The molecule has 4 aliphatic rings.